The van der Waals surface area contributed by atoms with Gasteiger partial charge in [-0.3, -0.25) is 4.79 Å². The number of hydrogen-bond acceptors (Lipinski definition) is 5. The maximum absolute atomic E-state index is 13.3. The first-order valence-electron chi connectivity index (χ1n) is 12.5. The van der Waals surface area contributed by atoms with Crippen LogP contribution < -0.4 is 0 Å². The van der Waals surface area contributed by atoms with E-state index in [0.29, 0.717) is 25.9 Å². The molecule has 2 aromatic carbocycles. The number of carbonyl (C=O) groups is 3. The maximum Gasteiger partial charge on any atom is 0.410 e. The van der Waals surface area contributed by atoms with E-state index in [1.807, 2.05) is 45.0 Å². The monoisotopic (exact) mass is 494 g/mol. The predicted octanol–water partition coefficient (Wildman–Crippen LogP) is 5.11. The van der Waals surface area contributed by atoms with Crippen molar-refractivity contribution in [1.82, 2.24) is 9.80 Å². The minimum Gasteiger partial charge on any atom is -0.481 e. The van der Waals surface area contributed by atoms with Crippen LogP contribution in [-0.2, 0) is 14.3 Å². The fourth-order valence-electron chi connectivity index (χ4n) is 4.99. The largest absolute Gasteiger partial charge is 0.481 e. The van der Waals surface area contributed by atoms with Gasteiger partial charge in [-0.15, -0.1) is 0 Å². The Hall–Kier alpha value is -3.55. The summed E-state index contributed by atoms with van der Waals surface area (Å²) in [6.45, 7) is 6.66. The van der Waals surface area contributed by atoms with E-state index in [9.17, 15) is 14.4 Å². The van der Waals surface area contributed by atoms with Gasteiger partial charge in [0.25, 0.3) is 0 Å². The number of carboxylic acid groups (broad SMARTS) is 1. The third-order valence-corrected chi connectivity index (χ3v) is 6.62. The zero-order chi connectivity index (χ0) is 25.9. The van der Waals surface area contributed by atoms with Crippen LogP contribution >= 0.6 is 0 Å². The number of amides is 2. The second-order valence-electron chi connectivity index (χ2n) is 10.4. The molecule has 1 fully saturated rings. The first-order chi connectivity index (χ1) is 17.1. The lowest BCUT2D eigenvalue weighted by Crippen LogP contribution is -2.44. The molecule has 2 aromatic rings. The lowest BCUT2D eigenvalue weighted by molar-refractivity contribution is -0.137. The molecule has 1 atom stereocenters. The molecule has 4 rings (SSSR count). The number of aliphatic carboxylic acids is 1. The fraction of sp³-hybridized carbons (Fsp3) is 0.464. The van der Waals surface area contributed by atoms with Crippen LogP contribution in [0.4, 0.5) is 9.59 Å². The van der Waals surface area contributed by atoms with E-state index in [1.54, 1.807) is 9.80 Å². The van der Waals surface area contributed by atoms with Gasteiger partial charge in [0.15, 0.2) is 0 Å². The van der Waals surface area contributed by atoms with Gasteiger partial charge in [-0.05, 0) is 55.9 Å². The minimum absolute atomic E-state index is 0.0460. The zero-order valence-corrected chi connectivity index (χ0v) is 21.1. The Morgan fingerprint density at radius 3 is 2.22 bits per heavy atom. The molecule has 1 saturated heterocycles. The van der Waals surface area contributed by atoms with Crippen LogP contribution in [0.5, 0.6) is 0 Å². The van der Waals surface area contributed by atoms with Crippen LogP contribution in [0, 0.1) is 0 Å². The number of likely N-dealkylation sites (tertiary alicyclic amines) is 1. The molecule has 1 unspecified atom stereocenters. The molecule has 2 amide bonds. The molecule has 8 heteroatoms. The van der Waals surface area contributed by atoms with E-state index >= 15 is 0 Å². The average molecular weight is 495 g/mol. The van der Waals surface area contributed by atoms with Crippen molar-refractivity contribution in [3.63, 3.8) is 0 Å². The quantitative estimate of drug-likeness (QED) is 0.575. The van der Waals surface area contributed by atoms with Gasteiger partial charge in [0.1, 0.15) is 12.2 Å². The van der Waals surface area contributed by atoms with E-state index in [1.165, 1.54) is 0 Å². The summed E-state index contributed by atoms with van der Waals surface area (Å²) in [6, 6.07) is 16.0. The first-order valence-corrected chi connectivity index (χ1v) is 12.5. The van der Waals surface area contributed by atoms with Crippen LogP contribution in [0.1, 0.15) is 57.1 Å². The summed E-state index contributed by atoms with van der Waals surface area (Å²) in [5.74, 6) is -0.978. The molecule has 1 aliphatic carbocycles. The van der Waals surface area contributed by atoms with Crippen molar-refractivity contribution in [2.24, 2.45) is 0 Å². The number of benzene rings is 2. The van der Waals surface area contributed by atoms with Gasteiger partial charge in [0.05, 0.1) is 6.04 Å². The number of rotatable bonds is 7. The number of ether oxygens (including phenoxy) is 2. The number of carbonyl (C=O) groups excluding carboxylic acids is 2. The fourth-order valence-corrected chi connectivity index (χ4v) is 4.99. The maximum atomic E-state index is 13.3. The molecule has 1 heterocycles. The van der Waals surface area contributed by atoms with Crippen LogP contribution in [-0.4, -0.2) is 70.9 Å². The van der Waals surface area contributed by atoms with Gasteiger partial charge < -0.3 is 24.4 Å². The molecule has 192 valence electrons. The highest BCUT2D eigenvalue weighted by atomic mass is 16.6. The summed E-state index contributed by atoms with van der Waals surface area (Å²) in [5, 5.41) is 9.08. The van der Waals surface area contributed by atoms with Gasteiger partial charge in [-0.2, -0.15) is 0 Å². The van der Waals surface area contributed by atoms with Crippen LogP contribution in [0.3, 0.4) is 0 Å². The SMILES string of the molecule is CC(C)(C)OC(=O)N1CCC(N(CCCC(=O)O)C(=O)OCC2c3ccccc3-c3ccccc32)C1. The molecular weight excluding hydrogens is 460 g/mol. The smallest absolute Gasteiger partial charge is 0.410 e. The second-order valence-corrected chi connectivity index (χ2v) is 10.4. The van der Waals surface area contributed by atoms with Crippen molar-refractivity contribution in [2.45, 2.75) is 57.6 Å². The predicted molar refractivity (Wildman–Crippen MR) is 135 cm³/mol. The molecule has 0 spiro atoms. The Kier molecular flexibility index (Phi) is 7.52. The lowest BCUT2D eigenvalue weighted by atomic mass is 9.98. The highest BCUT2D eigenvalue weighted by Crippen LogP contribution is 2.44. The summed E-state index contributed by atoms with van der Waals surface area (Å²) >= 11 is 0. The van der Waals surface area contributed by atoms with E-state index in [2.05, 4.69) is 24.3 Å². The molecule has 0 saturated carbocycles. The van der Waals surface area contributed by atoms with E-state index in [4.69, 9.17) is 14.6 Å². The molecule has 0 radical (unpaired) electrons. The van der Waals surface area contributed by atoms with Crippen molar-refractivity contribution in [1.29, 1.82) is 0 Å². The van der Waals surface area contributed by atoms with Crippen LogP contribution in [0.2, 0.25) is 0 Å². The number of fused-ring (bicyclic) bond motifs is 3. The third kappa shape index (κ3) is 5.80. The number of nitrogens with zero attached hydrogens (tertiary/aromatic N) is 2. The highest BCUT2D eigenvalue weighted by Gasteiger charge is 2.36. The van der Waals surface area contributed by atoms with E-state index in [-0.39, 0.29) is 31.5 Å². The summed E-state index contributed by atoms with van der Waals surface area (Å²) in [6.07, 6.45) is -0.0597. The number of hydrogen-bond donors (Lipinski definition) is 1. The molecule has 0 aromatic heterocycles. The zero-order valence-electron chi connectivity index (χ0n) is 21.1. The third-order valence-electron chi connectivity index (χ3n) is 6.62. The van der Waals surface area contributed by atoms with Gasteiger partial charge in [0.2, 0.25) is 0 Å². The lowest BCUT2D eigenvalue weighted by Gasteiger charge is -2.29. The Labute approximate surface area is 211 Å². The average Bonchev–Trinajstić information content (AvgIpc) is 3.43. The van der Waals surface area contributed by atoms with Gasteiger partial charge in [-0.1, -0.05) is 48.5 Å². The van der Waals surface area contributed by atoms with Gasteiger partial charge >= 0.3 is 18.2 Å². The van der Waals surface area contributed by atoms with Gasteiger partial charge in [-0.25, -0.2) is 9.59 Å². The summed E-state index contributed by atoms with van der Waals surface area (Å²) < 4.78 is 11.3. The molecule has 1 aliphatic heterocycles. The van der Waals surface area contributed by atoms with Crippen LogP contribution in [0.15, 0.2) is 48.5 Å². The Morgan fingerprint density at radius 1 is 1.03 bits per heavy atom. The minimum atomic E-state index is -0.913. The van der Waals surface area contributed by atoms with E-state index < -0.39 is 23.8 Å². The molecular formula is C28H34N2O6. The Balaban J connectivity index is 1.45. The molecule has 8 nitrogen and oxygen atoms in total. The second kappa shape index (κ2) is 10.6. The normalized spacial score (nSPS) is 16.9. The molecule has 36 heavy (non-hydrogen) atoms. The number of carboxylic acids is 1. The first kappa shape index (κ1) is 25.5. The van der Waals surface area contributed by atoms with E-state index in [0.717, 1.165) is 22.3 Å². The standard InChI is InChI=1S/C28H34N2O6/c1-28(2,3)36-26(33)29-16-14-19(17-29)30(15-8-13-25(31)32)27(34)35-18-24-22-11-6-4-9-20(22)21-10-5-7-12-23(21)24/h4-7,9-12,19,24H,8,13-18H2,1-3H3,(H,31,32). The van der Waals surface area contributed by atoms with Crippen molar-refractivity contribution in [2.75, 3.05) is 26.2 Å². The summed E-state index contributed by atoms with van der Waals surface area (Å²) in [7, 11) is 0. The summed E-state index contributed by atoms with van der Waals surface area (Å²) in [4.78, 5) is 40.1. The van der Waals surface area contributed by atoms with Gasteiger partial charge in [0, 0.05) is 32.0 Å². The molecule has 0 bridgehead atoms. The van der Waals surface area contributed by atoms with Crippen LogP contribution in [0.25, 0.3) is 11.1 Å². The summed E-state index contributed by atoms with van der Waals surface area (Å²) in [5.41, 5.74) is 3.94. The Bertz CT molecular complexity index is 1080. The molecule has 2 aliphatic rings. The van der Waals surface area contributed by atoms with Crippen molar-refractivity contribution in [3.8, 4) is 11.1 Å². The Morgan fingerprint density at radius 2 is 1.64 bits per heavy atom. The van der Waals surface area contributed by atoms with Crippen molar-refractivity contribution >= 4 is 18.2 Å². The van der Waals surface area contributed by atoms with Crippen molar-refractivity contribution < 1.29 is 29.0 Å². The van der Waals surface area contributed by atoms with Crippen molar-refractivity contribution in [3.05, 3.63) is 59.7 Å². The topological polar surface area (TPSA) is 96.4 Å². The molecule has 1 N–H and O–H groups in total. The highest BCUT2D eigenvalue weighted by molar-refractivity contribution is 5.79.